The van der Waals surface area contributed by atoms with Gasteiger partial charge in [0.15, 0.2) is 0 Å². The van der Waals surface area contributed by atoms with Crippen LogP contribution in [0.25, 0.3) is 0 Å². The summed E-state index contributed by atoms with van der Waals surface area (Å²) < 4.78 is 13.4. The van der Waals surface area contributed by atoms with Gasteiger partial charge in [0.25, 0.3) is 0 Å². The van der Waals surface area contributed by atoms with E-state index in [2.05, 4.69) is 22.5 Å². The molecule has 0 bridgehead atoms. The number of halogens is 1. The molecule has 2 unspecified atom stereocenters. The Kier molecular flexibility index (Phi) is 5.91. The number of amides is 2. The maximum Gasteiger partial charge on any atom is 0.315 e. The lowest BCUT2D eigenvalue weighted by molar-refractivity contribution is 0.0919. The number of aliphatic hydroxyl groups excluding tert-OH is 1. The van der Waals surface area contributed by atoms with Crippen LogP contribution in [0.1, 0.15) is 43.4 Å². The average molecular weight is 349 g/mol. The molecule has 25 heavy (non-hydrogen) atoms. The minimum Gasteiger partial charge on any atom is -0.390 e. The summed E-state index contributed by atoms with van der Waals surface area (Å²) in [7, 11) is 0. The van der Waals surface area contributed by atoms with Crippen molar-refractivity contribution in [2.45, 2.75) is 44.8 Å². The highest BCUT2D eigenvalue weighted by Gasteiger charge is 2.25. The highest BCUT2D eigenvalue weighted by atomic mass is 19.1. The first-order valence-corrected chi connectivity index (χ1v) is 9.24. The van der Waals surface area contributed by atoms with Crippen LogP contribution in [-0.2, 0) is 6.42 Å². The number of aliphatic hydroxyl groups is 1. The van der Waals surface area contributed by atoms with Crippen LogP contribution < -0.4 is 10.6 Å². The average Bonchev–Trinajstić information content (AvgIpc) is 2.97. The zero-order valence-electron chi connectivity index (χ0n) is 14.8. The summed E-state index contributed by atoms with van der Waals surface area (Å²) in [5, 5.41) is 15.8. The lowest BCUT2D eigenvalue weighted by Gasteiger charge is -2.31. The molecule has 0 aromatic heterocycles. The van der Waals surface area contributed by atoms with Crippen molar-refractivity contribution in [1.29, 1.82) is 0 Å². The largest absolute Gasteiger partial charge is 0.390 e. The molecule has 1 aromatic carbocycles. The lowest BCUT2D eigenvalue weighted by atomic mass is 9.99. The number of hydrogen-bond donors (Lipinski definition) is 3. The second-order valence-corrected chi connectivity index (χ2v) is 7.43. The van der Waals surface area contributed by atoms with Crippen LogP contribution in [0.5, 0.6) is 0 Å². The van der Waals surface area contributed by atoms with Crippen molar-refractivity contribution in [3.63, 3.8) is 0 Å². The third-order valence-corrected chi connectivity index (χ3v) is 5.33. The predicted molar refractivity (Wildman–Crippen MR) is 94.8 cm³/mol. The maximum atomic E-state index is 13.4. The van der Waals surface area contributed by atoms with Crippen molar-refractivity contribution in [2.75, 3.05) is 26.2 Å². The van der Waals surface area contributed by atoms with Crippen molar-refractivity contribution >= 4 is 6.03 Å². The minimum atomic E-state index is -0.576. The van der Waals surface area contributed by atoms with E-state index in [9.17, 15) is 14.3 Å². The second kappa shape index (κ2) is 8.15. The SMILES string of the molecule is CC1CCN(CC(O)CNC(=O)NC2CCc3ccc(F)cc32)CC1. The number of fused-ring (bicyclic) bond motifs is 1. The zero-order chi connectivity index (χ0) is 17.8. The van der Waals surface area contributed by atoms with Gasteiger partial charge in [0, 0.05) is 13.1 Å². The third kappa shape index (κ3) is 4.92. The van der Waals surface area contributed by atoms with Gasteiger partial charge >= 0.3 is 6.03 Å². The van der Waals surface area contributed by atoms with Gasteiger partial charge in [0.1, 0.15) is 5.82 Å². The number of nitrogens with zero attached hydrogens (tertiary/aromatic N) is 1. The fraction of sp³-hybridized carbons (Fsp3) is 0.632. The second-order valence-electron chi connectivity index (χ2n) is 7.43. The smallest absolute Gasteiger partial charge is 0.315 e. The quantitative estimate of drug-likeness (QED) is 0.764. The van der Waals surface area contributed by atoms with Crippen LogP contribution in [0.15, 0.2) is 18.2 Å². The van der Waals surface area contributed by atoms with Gasteiger partial charge in [-0.15, -0.1) is 0 Å². The van der Waals surface area contributed by atoms with Crippen LogP contribution in [0.3, 0.4) is 0 Å². The van der Waals surface area contributed by atoms with Crippen LogP contribution in [0, 0.1) is 11.7 Å². The van der Waals surface area contributed by atoms with Crippen molar-refractivity contribution in [3.05, 3.63) is 35.1 Å². The standard InChI is InChI=1S/C19H28FN3O2/c1-13-6-8-23(9-7-13)12-16(24)11-21-19(25)22-18-5-3-14-2-4-15(20)10-17(14)18/h2,4,10,13,16,18,24H,3,5-9,11-12H2,1H3,(H2,21,22,25). The van der Waals surface area contributed by atoms with Crippen LogP contribution in [-0.4, -0.2) is 48.3 Å². The molecule has 1 heterocycles. The van der Waals surface area contributed by atoms with Crippen molar-refractivity contribution < 1.29 is 14.3 Å². The Morgan fingerprint density at radius 1 is 1.36 bits per heavy atom. The van der Waals surface area contributed by atoms with E-state index in [-0.39, 0.29) is 24.4 Å². The van der Waals surface area contributed by atoms with Gasteiger partial charge < -0.3 is 20.6 Å². The lowest BCUT2D eigenvalue weighted by Crippen LogP contribution is -2.45. The van der Waals surface area contributed by atoms with Gasteiger partial charge in [-0.1, -0.05) is 13.0 Å². The Hall–Kier alpha value is -1.66. The van der Waals surface area contributed by atoms with E-state index < -0.39 is 6.10 Å². The summed E-state index contributed by atoms with van der Waals surface area (Å²) in [6.45, 7) is 5.08. The Labute approximate surface area is 148 Å². The molecule has 0 radical (unpaired) electrons. The zero-order valence-corrected chi connectivity index (χ0v) is 14.8. The van der Waals surface area contributed by atoms with Crippen LogP contribution in [0.2, 0.25) is 0 Å². The predicted octanol–water partition coefficient (Wildman–Crippen LogP) is 2.21. The topological polar surface area (TPSA) is 64.6 Å². The number of nitrogens with one attached hydrogen (secondary N) is 2. The normalized spacial score (nSPS) is 22.4. The molecular formula is C19H28FN3O2. The van der Waals surface area contributed by atoms with E-state index in [0.29, 0.717) is 6.54 Å². The number of hydrogen-bond acceptors (Lipinski definition) is 3. The first kappa shape index (κ1) is 18.1. The van der Waals surface area contributed by atoms with Crippen molar-refractivity contribution in [3.8, 4) is 0 Å². The molecule has 1 aliphatic carbocycles. The summed E-state index contributed by atoms with van der Waals surface area (Å²) in [6, 6.07) is 4.27. The number of piperidine rings is 1. The van der Waals surface area contributed by atoms with Crippen molar-refractivity contribution in [2.24, 2.45) is 5.92 Å². The van der Waals surface area contributed by atoms with Gasteiger partial charge in [-0.05, 0) is 68.0 Å². The monoisotopic (exact) mass is 349 g/mol. The number of urea groups is 1. The summed E-state index contributed by atoms with van der Waals surface area (Å²) >= 11 is 0. The molecule has 1 fully saturated rings. The molecule has 1 aromatic rings. The van der Waals surface area contributed by atoms with E-state index in [1.54, 1.807) is 6.07 Å². The molecule has 138 valence electrons. The molecule has 2 aliphatic rings. The van der Waals surface area contributed by atoms with E-state index in [1.807, 2.05) is 0 Å². The summed E-state index contributed by atoms with van der Waals surface area (Å²) in [5.74, 6) is 0.482. The third-order valence-electron chi connectivity index (χ3n) is 5.33. The molecule has 1 saturated heterocycles. The first-order valence-electron chi connectivity index (χ1n) is 9.24. The van der Waals surface area contributed by atoms with Gasteiger partial charge in [0.05, 0.1) is 12.1 Å². The first-order chi connectivity index (χ1) is 12.0. The van der Waals surface area contributed by atoms with E-state index in [1.165, 1.54) is 12.1 Å². The fourth-order valence-electron chi connectivity index (χ4n) is 3.75. The van der Waals surface area contributed by atoms with Gasteiger partial charge in [0.2, 0.25) is 0 Å². The van der Waals surface area contributed by atoms with Gasteiger partial charge in [-0.25, -0.2) is 9.18 Å². The number of carbonyl (C=O) groups excluding carboxylic acids is 1. The van der Waals surface area contributed by atoms with E-state index in [0.717, 1.165) is 55.8 Å². The highest BCUT2D eigenvalue weighted by Crippen LogP contribution is 2.31. The highest BCUT2D eigenvalue weighted by molar-refractivity contribution is 5.74. The molecule has 1 aliphatic heterocycles. The van der Waals surface area contributed by atoms with E-state index in [4.69, 9.17) is 0 Å². The Morgan fingerprint density at radius 2 is 2.12 bits per heavy atom. The Balaban J connectivity index is 1.41. The molecule has 2 atom stereocenters. The molecule has 6 heteroatoms. The summed E-state index contributed by atoms with van der Waals surface area (Å²) in [6.07, 6.45) is 3.38. The molecule has 3 N–H and O–H groups in total. The van der Waals surface area contributed by atoms with Crippen molar-refractivity contribution in [1.82, 2.24) is 15.5 Å². The minimum absolute atomic E-state index is 0.161. The number of likely N-dealkylation sites (tertiary alicyclic amines) is 1. The van der Waals surface area contributed by atoms with Gasteiger partial charge in [-0.3, -0.25) is 0 Å². The number of benzene rings is 1. The van der Waals surface area contributed by atoms with Crippen LogP contribution >= 0.6 is 0 Å². The number of rotatable bonds is 5. The molecule has 2 amide bonds. The molecular weight excluding hydrogens is 321 g/mol. The van der Waals surface area contributed by atoms with Crippen LogP contribution in [0.4, 0.5) is 9.18 Å². The number of aryl methyl sites for hydroxylation is 1. The molecule has 0 spiro atoms. The molecule has 3 rings (SSSR count). The van der Waals surface area contributed by atoms with Gasteiger partial charge in [-0.2, -0.15) is 0 Å². The Morgan fingerprint density at radius 3 is 2.88 bits per heavy atom. The summed E-state index contributed by atoms with van der Waals surface area (Å²) in [5.41, 5.74) is 1.95. The fourth-order valence-corrected chi connectivity index (χ4v) is 3.75. The molecule has 5 nitrogen and oxygen atoms in total. The number of carbonyl (C=O) groups is 1. The van der Waals surface area contributed by atoms with E-state index >= 15 is 0 Å². The number of β-amino-alcohol motifs (C(OH)–C–C–N with tert-alkyl or cyclic N) is 1. The maximum absolute atomic E-state index is 13.4. The molecule has 0 saturated carbocycles. The summed E-state index contributed by atoms with van der Waals surface area (Å²) in [4.78, 5) is 14.3. The Bertz CT molecular complexity index is 602.